The van der Waals surface area contributed by atoms with E-state index in [1.165, 1.54) is 0 Å². The monoisotopic (exact) mass is 464 g/mol. The van der Waals surface area contributed by atoms with E-state index in [2.05, 4.69) is 17.1 Å². The minimum Gasteiger partial charge on any atom is -0.457 e. The third-order valence-corrected chi connectivity index (χ3v) is 6.76. The summed E-state index contributed by atoms with van der Waals surface area (Å²) in [6.07, 6.45) is 3.20. The van der Waals surface area contributed by atoms with Crippen LogP contribution in [0, 0.1) is 0 Å². The first-order valence-electron chi connectivity index (χ1n) is 11.9. The summed E-state index contributed by atoms with van der Waals surface area (Å²) in [7, 11) is 0. The van der Waals surface area contributed by atoms with Gasteiger partial charge in [0.1, 0.15) is 17.0 Å². The van der Waals surface area contributed by atoms with Gasteiger partial charge in [0.15, 0.2) is 0 Å². The van der Waals surface area contributed by atoms with Crippen LogP contribution in [-0.2, 0) is 16.1 Å². The summed E-state index contributed by atoms with van der Waals surface area (Å²) in [4.78, 5) is 40.8. The molecular formula is C26H32N4O4. The lowest BCUT2D eigenvalue weighted by atomic mass is 9.82. The van der Waals surface area contributed by atoms with E-state index in [4.69, 9.17) is 10.5 Å². The maximum Gasteiger partial charge on any atom is 0.248 e. The molecule has 34 heavy (non-hydrogen) atoms. The molecule has 4 rings (SSSR count). The van der Waals surface area contributed by atoms with Crippen LogP contribution in [-0.4, -0.2) is 59.2 Å². The zero-order valence-corrected chi connectivity index (χ0v) is 19.6. The molecule has 0 unspecified atom stereocenters. The molecular weight excluding hydrogens is 432 g/mol. The molecule has 3 amide bonds. The number of rotatable bonds is 8. The maximum absolute atomic E-state index is 12.8. The zero-order valence-electron chi connectivity index (χ0n) is 19.6. The van der Waals surface area contributed by atoms with E-state index in [0.29, 0.717) is 36.4 Å². The fourth-order valence-electron chi connectivity index (χ4n) is 4.75. The number of benzene rings is 2. The Morgan fingerprint density at radius 1 is 1.03 bits per heavy atom. The predicted octanol–water partition coefficient (Wildman–Crippen LogP) is 2.67. The van der Waals surface area contributed by atoms with Crippen LogP contribution in [0.1, 0.15) is 48.5 Å². The Bertz CT molecular complexity index is 1030. The maximum atomic E-state index is 12.8. The van der Waals surface area contributed by atoms with E-state index >= 15 is 0 Å². The Morgan fingerprint density at radius 3 is 2.24 bits per heavy atom. The minimum absolute atomic E-state index is 0.00628. The van der Waals surface area contributed by atoms with E-state index < -0.39 is 11.4 Å². The van der Waals surface area contributed by atoms with Crippen molar-refractivity contribution in [1.29, 1.82) is 0 Å². The van der Waals surface area contributed by atoms with Gasteiger partial charge in [-0.15, -0.1) is 0 Å². The molecule has 180 valence electrons. The SMILES string of the molecule is CCCCN1C(=O)CNC(=O)C12CCN(Cc1ccc(Oc3ccc(C(N)=O)cc3)cc1)CC2. The van der Waals surface area contributed by atoms with Crippen LogP contribution in [0.25, 0.3) is 0 Å². The van der Waals surface area contributed by atoms with Gasteiger partial charge in [0.25, 0.3) is 0 Å². The summed E-state index contributed by atoms with van der Waals surface area (Å²) in [6.45, 7) is 5.14. The normalized spacial score (nSPS) is 18.1. The van der Waals surface area contributed by atoms with Gasteiger partial charge in [0.05, 0.1) is 6.54 Å². The molecule has 2 fully saturated rings. The highest BCUT2D eigenvalue weighted by molar-refractivity contribution is 5.98. The Labute approximate surface area is 200 Å². The topological polar surface area (TPSA) is 105 Å². The molecule has 8 heteroatoms. The lowest BCUT2D eigenvalue weighted by molar-refractivity contribution is -0.157. The van der Waals surface area contributed by atoms with Crippen LogP contribution in [0.3, 0.4) is 0 Å². The molecule has 2 heterocycles. The van der Waals surface area contributed by atoms with Gasteiger partial charge in [-0.25, -0.2) is 0 Å². The molecule has 0 aliphatic carbocycles. The van der Waals surface area contributed by atoms with Crippen LogP contribution in [0.5, 0.6) is 11.5 Å². The molecule has 0 bridgehead atoms. The summed E-state index contributed by atoms with van der Waals surface area (Å²) in [5, 5.41) is 2.81. The van der Waals surface area contributed by atoms with Crippen molar-refractivity contribution in [2.45, 2.75) is 44.7 Å². The standard InChI is InChI=1S/C26H32N4O4/c1-2-3-14-30-23(31)17-28-25(33)26(30)12-15-29(16-13-26)18-19-4-8-21(9-5-19)34-22-10-6-20(7-11-22)24(27)32/h4-11H,2-3,12-18H2,1H3,(H2,27,32)(H,28,33). The summed E-state index contributed by atoms with van der Waals surface area (Å²) in [5.74, 6) is 0.891. The Balaban J connectivity index is 1.34. The Hall–Kier alpha value is -3.39. The van der Waals surface area contributed by atoms with Gasteiger partial charge < -0.3 is 20.7 Å². The second-order valence-corrected chi connectivity index (χ2v) is 9.02. The fraction of sp³-hybridized carbons (Fsp3) is 0.423. The highest BCUT2D eigenvalue weighted by Crippen LogP contribution is 2.33. The number of piperazine rings is 1. The summed E-state index contributed by atoms with van der Waals surface area (Å²) in [5.41, 5.74) is 6.15. The summed E-state index contributed by atoms with van der Waals surface area (Å²) in [6, 6.07) is 14.6. The van der Waals surface area contributed by atoms with Crippen molar-refractivity contribution in [1.82, 2.24) is 15.1 Å². The number of likely N-dealkylation sites (tertiary alicyclic amines) is 1. The molecule has 0 atom stereocenters. The molecule has 8 nitrogen and oxygen atoms in total. The smallest absolute Gasteiger partial charge is 0.248 e. The van der Waals surface area contributed by atoms with Gasteiger partial charge in [-0.3, -0.25) is 19.3 Å². The number of carbonyl (C=O) groups excluding carboxylic acids is 3. The molecule has 0 saturated carbocycles. The number of nitrogens with two attached hydrogens (primary N) is 1. The van der Waals surface area contributed by atoms with Crippen LogP contribution in [0.2, 0.25) is 0 Å². The molecule has 3 N–H and O–H groups in total. The van der Waals surface area contributed by atoms with Crippen LogP contribution < -0.4 is 15.8 Å². The van der Waals surface area contributed by atoms with Crippen LogP contribution in [0.15, 0.2) is 48.5 Å². The number of hydrogen-bond donors (Lipinski definition) is 2. The van der Waals surface area contributed by atoms with Crippen LogP contribution >= 0.6 is 0 Å². The van der Waals surface area contributed by atoms with E-state index in [1.807, 2.05) is 29.2 Å². The van der Waals surface area contributed by atoms with Crippen molar-refractivity contribution in [3.63, 3.8) is 0 Å². The third-order valence-electron chi connectivity index (χ3n) is 6.76. The minimum atomic E-state index is -0.706. The number of amides is 3. The van der Waals surface area contributed by atoms with Gasteiger partial charge in [-0.05, 0) is 61.2 Å². The van der Waals surface area contributed by atoms with E-state index in [-0.39, 0.29) is 18.4 Å². The van der Waals surface area contributed by atoms with Gasteiger partial charge in [0, 0.05) is 31.7 Å². The molecule has 2 aromatic carbocycles. The van der Waals surface area contributed by atoms with Crippen molar-refractivity contribution >= 4 is 17.7 Å². The first-order valence-corrected chi connectivity index (χ1v) is 11.9. The number of nitrogens with one attached hydrogen (secondary N) is 1. The van der Waals surface area contributed by atoms with Crippen molar-refractivity contribution in [2.75, 3.05) is 26.2 Å². The zero-order chi connectivity index (χ0) is 24.1. The molecule has 2 aliphatic rings. The highest BCUT2D eigenvalue weighted by Gasteiger charge is 2.50. The summed E-state index contributed by atoms with van der Waals surface area (Å²) < 4.78 is 5.85. The number of carbonyl (C=O) groups is 3. The average molecular weight is 465 g/mol. The van der Waals surface area contributed by atoms with Gasteiger partial charge in [0.2, 0.25) is 17.7 Å². The van der Waals surface area contributed by atoms with Gasteiger partial charge in [-0.1, -0.05) is 25.5 Å². The highest BCUT2D eigenvalue weighted by atomic mass is 16.5. The van der Waals surface area contributed by atoms with Crippen molar-refractivity contribution in [3.8, 4) is 11.5 Å². The largest absolute Gasteiger partial charge is 0.457 e. The quantitative estimate of drug-likeness (QED) is 0.625. The first-order chi connectivity index (χ1) is 16.4. The number of unbranched alkanes of at least 4 members (excludes halogenated alkanes) is 1. The van der Waals surface area contributed by atoms with Crippen LogP contribution in [0.4, 0.5) is 0 Å². The Morgan fingerprint density at radius 2 is 1.65 bits per heavy atom. The number of nitrogens with zero attached hydrogens (tertiary/aromatic N) is 2. The predicted molar refractivity (Wildman–Crippen MR) is 128 cm³/mol. The van der Waals surface area contributed by atoms with E-state index in [0.717, 1.165) is 38.0 Å². The second-order valence-electron chi connectivity index (χ2n) is 9.02. The number of hydrogen-bond acceptors (Lipinski definition) is 5. The molecule has 0 aromatic heterocycles. The van der Waals surface area contributed by atoms with E-state index in [9.17, 15) is 14.4 Å². The molecule has 2 aliphatic heterocycles. The Kier molecular flexibility index (Phi) is 7.17. The molecule has 1 spiro atoms. The third kappa shape index (κ3) is 5.07. The fourth-order valence-corrected chi connectivity index (χ4v) is 4.75. The lowest BCUT2D eigenvalue weighted by Crippen LogP contribution is -2.70. The molecule has 2 saturated heterocycles. The van der Waals surface area contributed by atoms with Gasteiger partial charge in [-0.2, -0.15) is 0 Å². The average Bonchev–Trinajstić information content (AvgIpc) is 2.84. The van der Waals surface area contributed by atoms with Crippen molar-refractivity contribution in [2.24, 2.45) is 5.73 Å². The van der Waals surface area contributed by atoms with Crippen molar-refractivity contribution < 1.29 is 19.1 Å². The second kappa shape index (κ2) is 10.3. The first kappa shape index (κ1) is 23.8. The molecule has 2 aromatic rings. The number of ether oxygens (including phenoxy) is 1. The summed E-state index contributed by atoms with van der Waals surface area (Å²) >= 11 is 0. The number of piperidine rings is 1. The number of primary amides is 1. The van der Waals surface area contributed by atoms with Crippen molar-refractivity contribution in [3.05, 3.63) is 59.7 Å². The molecule has 0 radical (unpaired) electrons. The van der Waals surface area contributed by atoms with E-state index in [1.54, 1.807) is 24.3 Å². The van der Waals surface area contributed by atoms with Gasteiger partial charge >= 0.3 is 0 Å². The lowest BCUT2D eigenvalue weighted by Gasteiger charge is -2.50.